The van der Waals surface area contributed by atoms with Crippen molar-refractivity contribution in [1.29, 1.82) is 0 Å². The summed E-state index contributed by atoms with van der Waals surface area (Å²) in [5.74, 6) is -2.63. The Balaban J connectivity index is 2.40. The van der Waals surface area contributed by atoms with Crippen LogP contribution in [-0.4, -0.2) is 21.0 Å². The van der Waals surface area contributed by atoms with Gasteiger partial charge in [0, 0.05) is 18.3 Å². The van der Waals surface area contributed by atoms with E-state index in [2.05, 4.69) is 4.98 Å². The van der Waals surface area contributed by atoms with Crippen molar-refractivity contribution in [2.75, 3.05) is 0 Å². The summed E-state index contributed by atoms with van der Waals surface area (Å²) >= 11 is 0. The van der Waals surface area contributed by atoms with Crippen LogP contribution in [0.2, 0.25) is 0 Å². The second-order valence-corrected chi connectivity index (χ2v) is 3.63. The second-order valence-electron chi connectivity index (χ2n) is 3.63. The second kappa shape index (κ2) is 5.31. The molecule has 7 nitrogen and oxygen atoms in total. The van der Waals surface area contributed by atoms with Gasteiger partial charge in [-0.2, -0.15) is 0 Å². The highest BCUT2D eigenvalue weighted by Gasteiger charge is 2.21. The molecule has 1 N–H and O–H groups in total. The lowest BCUT2D eigenvalue weighted by Crippen LogP contribution is -2.03. The number of carboxylic acid groups (broad SMARTS) is 1. The number of rotatable bonds is 4. The number of nitrogens with zero attached hydrogens (tertiary/aromatic N) is 2. The van der Waals surface area contributed by atoms with E-state index in [1.165, 1.54) is 18.3 Å². The molecule has 0 saturated heterocycles. The van der Waals surface area contributed by atoms with Gasteiger partial charge in [-0.15, -0.1) is 0 Å². The number of halogens is 1. The number of nitro benzene ring substituents is 1. The molecule has 8 heteroatoms. The maximum Gasteiger partial charge on any atom is 0.342 e. The SMILES string of the molecule is O=C(O)c1cc(Oc2ncccc2F)ccc1[N+](=O)[O-]. The summed E-state index contributed by atoms with van der Waals surface area (Å²) in [5, 5.41) is 19.6. The third-order valence-corrected chi connectivity index (χ3v) is 2.33. The fourth-order valence-corrected chi connectivity index (χ4v) is 1.47. The van der Waals surface area contributed by atoms with Gasteiger partial charge >= 0.3 is 5.97 Å². The van der Waals surface area contributed by atoms with E-state index >= 15 is 0 Å². The number of benzene rings is 1. The van der Waals surface area contributed by atoms with Crippen LogP contribution in [0.4, 0.5) is 10.1 Å². The number of aromatic carboxylic acids is 1. The zero-order valence-electron chi connectivity index (χ0n) is 9.82. The van der Waals surface area contributed by atoms with Gasteiger partial charge in [-0.25, -0.2) is 14.2 Å². The smallest absolute Gasteiger partial charge is 0.342 e. The van der Waals surface area contributed by atoms with E-state index < -0.39 is 28.0 Å². The first kappa shape index (κ1) is 13.4. The molecule has 2 aromatic rings. The molecule has 1 heterocycles. The molecule has 0 bridgehead atoms. The first-order valence-corrected chi connectivity index (χ1v) is 5.29. The van der Waals surface area contributed by atoms with E-state index in [1.54, 1.807) is 0 Å². The highest BCUT2D eigenvalue weighted by atomic mass is 19.1. The Morgan fingerprint density at radius 1 is 1.40 bits per heavy atom. The molecule has 102 valence electrons. The normalized spacial score (nSPS) is 10.1. The van der Waals surface area contributed by atoms with Gasteiger partial charge in [0.05, 0.1) is 4.92 Å². The van der Waals surface area contributed by atoms with Gasteiger partial charge in [0.1, 0.15) is 11.3 Å². The first-order chi connectivity index (χ1) is 9.49. The van der Waals surface area contributed by atoms with Crippen molar-refractivity contribution in [1.82, 2.24) is 4.98 Å². The van der Waals surface area contributed by atoms with E-state index in [0.29, 0.717) is 0 Å². The highest BCUT2D eigenvalue weighted by molar-refractivity contribution is 5.92. The van der Waals surface area contributed by atoms with Crippen LogP contribution in [0.1, 0.15) is 10.4 Å². The number of pyridine rings is 1. The van der Waals surface area contributed by atoms with Crippen LogP contribution in [0.25, 0.3) is 0 Å². The topological polar surface area (TPSA) is 103 Å². The van der Waals surface area contributed by atoms with Gasteiger partial charge in [0.25, 0.3) is 11.6 Å². The molecule has 20 heavy (non-hydrogen) atoms. The predicted octanol–water partition coefficient (Wildman–Crippen LogP) is 2.62. The minimum Gasteiger partial charge on any atom is -0.477 e. The first-order valence-electron chi connectivity index (χ1n) is 5.29. The maximum atomic E-state index is 13.3. The van der Waals surface area contributed by atoms with Crippen molar-refractivity contribution in [3.8, 4) is 11.6 Å². The summed E-state index contributed by atoms with van der Waals surface area (Å²) in [6.07, 6.45) is 1.29. The third-order valence-electron chi connectivity index (χ3n) is 2.33. The molecule has 1 aromatic heterocycles. The Labute approximate surface area is 111 Å². The largest absolute Gasteiger partial charge is 0.477 e. The van der Waals surface area contributed by atoms with E-state index in [0.717, 1.165) is 18.2 Å². The fraction of sp³-hybridized carbons (Fsp3) is 0. The predicted molar refractivity (Wildman–Crippen MR) is 64.3 cm³/mol. The number of carboxylic acids is 1. The lowest BCUT2D eigenvalue weighted by atomic mass is 10.1. The molecule has 0 aliphatic heterocycles. The van der Waals surface area contributed by atoms with Gasteiger partial charge in [-0.1, -0.05) is 0 Å². The number of aromatic nitrogens is 1. The Kier molecular flexibility index (Phi) is 3.56. The number of carbonyl (C=O) groups is 1. The minimum absolute atomic E-state index is 0.0643. The molecule has 2 rings (SSSR count). The highest BCUT2D eigenvalue weighted by Crippen LogP contribution is 2.27. The summed E-state index contributed by atoms with van der Waals surface area (Å²) in [7, 11) is 0. The molecule has 0 amide bonds. The van der Waals surface area contributed by atoms with Gasteiger partial charge in [0.15, 0.2) is 5.82 Å². The molecule has 0 fully saturated rings. The van der Waals surface area contributed by atoms with Crippen LogP contribution in [-0.2, 0) is 0 Å². The van der Waals surface area contributed by atoms with E-state index in [4.69, 9.17) is 9.84 Å². The number of hydrogen-bond donors (Lipinski definition) is 1. The van der Waals surface area contributed by atoms with Crippen LogP contribution in [0.3, 0.4) is 0 Å². The molecule has 0 atom stereocenters. The Morgan fingerprint density at radius 2 is 2.15 bits per heavy atom. The lowest BCUT2D eigenvalue weighted by Gasteiger charge is -2.06. The summed E-state index contributed by atoms with van der Waals surface area (Å²) in [4.78, 5) is 24.4. The molecule has 0 radical (unpaired) electrons. The van der Waals surface area contributed by atoms with E-state index in [9.17, 15) is 19.3 Å². The van der Waals surface area contributed by atoms with Crippen molar-refractivity contribution >= 4 is 11.7 Å². The summed E-state index contributed by atoms with van der Waals surface area (Å²) < 4.78 is 18.4. The molecule has 0 aliphatic carbocycles. The van der Waals surface area contributed by atoms with E-state index in [1.807, 2.05) is 0 Å². The summed E-state index contributed by atoms with van der Waals surface area (Å²) in [6.45, 7) is 0. The van der Waals surface area contributed by atoms with Crippen LogP contribution in [0.5, 0.6) is 11.6 Å². The molecule has 0 saturated carbocycles. The Bertz CT molecular complexity index is 689. The monoisotopic (exact) mass is 278 g/mol. The Morgan fingerprint density at radius 3 is 2.75 bits per heavy atom. The molecule has 0 aliphatic rings. The van der Waals surface area contributed by atoms with Crippen molar-refractivity contribution in [3.05, 3.63) is 58.0 Å². The number of nitro groups is 1. The minimum atomic E-state index is -1.48. The van der Waals surface area contributed by atoms with Crippen molar-refractivity contribution in [3.63, 3.8) is 0 Å². The average Bonchev–Trinajstić information content (AvgIpc) is 2.41. The third kappa shape index (κ3) is 2.69. The zero-order chi connectivity index (χ0) is 14.7. The zero-order valence-corrected chi connectivity index (χ0v) is 9.82. The van der Waals surface area contributed by atoms with Crippen molar-refractivity contribution in [2.45, 2.75) is 0 Å². The molecule has 1 aromatic carbocycles. The average molecular weight is 278 g/mol. The quantitative estimate of drug-likeness (QED) is 0.681. The number of hydrogen-bond acceptors (Lipinski definition) is 5. The van der Waals surface area contributed by atoms with Gasteiger partial charge < -0.3 is 9.84 Å². The molecule has 0 unspecified atom stereocenters. The van der Waals surface area contributed by atoms with Crippen molar-refractivity contribution in [2.24, 2.45) is 0 Å². The van der Waals surface area contributed by atoms with Gasteiger partial charge in [-0.05, 0) is 18.2 Å². The molecular formula is C12H7FN2O5. The maximum absolute atomic E-state index is 13.3. The summed E-state index contributed by atoms with van der Waals surface area (Å²) in [6, 6.07) is 5.56. The van der Waals surface area contributed by atoms with Crippen molar-refractivity contribution < 1.29 is 24.0 Å². The van der Waals surface area contributed by atoms with Gasteiger partial charge in [-0.3, -0.25) is 10.1 Å². The summed E-state index contributed by atoms with van der Waals surface area (Å²) in [5.41, 5.74) is -1.13. The lowest BCUT2D eigenvalue weighted by molar-refractivity contribution is -0.385. The number of ether oxygens (including phenoxy) is 1. The van der Waals surface area contributed by atoms with Crippen LogP contribution in [0, 0.1) is 15.9 Å². The fourth-order valence-electron chi connectivity index (χ4n) is 1.47. The molecule has 0 spiro atoms. The van der Waals surface area contributed by atoms with Gasteiger partial charge in [0.2, 0.25) is 0 Å². The standard InChI is InChI=1S/C12H7FN2O5/c13-9-2-1-5-14-11(9)20-7-3-4-10(15(18)19)8(6-7)12(16)17/h1-6H,(H,16,17). The Hall–Kier alpha value is -3.03. The van der Waals surface area contributed by atoms with Crippen LogP contribution in [0.15, 0.2) is 36.5 Å². The van der Waals surface area contributed by atoms with Crippen LogP contribution < -0.4 is 4.74 Å². The molecular weight excluding hydrogens is 271 g/mol. The van der Waals surface area contributed by atoms with Crippen LogP contribution >= 0.6 is 0 Å². The van der Waals surface area contributed by atoms with E-state index in [-0.39, 0.29) is 11.6 Å².